The smallest absolute Gasteiger partial charge is 0.408 e. The number of hydrogen-bond acceptors (Lipinski definition) is 4. The monoisotopic (exact) mass is 353 g/mol. The van der Waals surface area contributed by atoms with Crippen LogP contribution in [0.3, 0.4) is 0 Å². The summed E-state index contributed by atoms with van der Waals surface area (Å²) in [5.41, 5.74) is 0.104. The molecule has 0 radical (unpaired) electrons. The molecule has 0 aromatic carbocycles. The summed E-state index contributed by atoms with van der Waals surface area (Å²) in [6.45, 7) is 1.77. The van der Waals surface area contributed by atoms with Crippen LogP contribution < -0.4 is 0 Å². The zero-order chi connectivity index (χ0) is 17.3. The minimum Gasteiger partial charge on any atom is -0.481 e. The summed E-state index contributed by atoms with van der Waals surface area (Å²) in [7, 11) is 0. The number of carboxylic acids is 1. The van der Waals surface area contributed by atoms with E-state index in [1.807, 2.05) is 0 Å². The third kappa shape index (κ3) is 2.17. The Bertz CT molecular complexity index is 730. The number of hydrogen-bond donors (Lipinski definition) is 1. The second-order valence-corrected chi connectivity index (χ2v) is 8.53. The van der Waals surface area contributed by atoms with Crippen molar-refractivity contribution in [3.63, 3.8) is 0 Å². The first kappa shape index (κ1) is 15.9. The van der Waals surface area contributed by atoms with Crippen LogP contribution in [0.15, 0.2) is 0 Å². The molecule has 130 valence electrons. The summed E-state index contributed by atoms with van der Waals surface area (Å²) in [4.78, 5) is 22.1. The Labute approximate surface area is 144 Å². The summed E-state index contributed by atoms with van der Waals surface area (Å²) in [6, 6.07) is 0. The van der Waals surface area contributed by atoms with Gasteiger partial charge in [0.25, 0.3) is 0 Å². The molecule has 1 N–H and O–H groups in total. The molecule has 1 aromatic heterocycles. The van der Waals surface area contributed by atoms with Gasteiger partial charge in [-0.05, 0) is 67.6 Å². The number of carboxylic acid groups (broad SMARTS) is 1. The summed E-state index contributed by atoms with van der Waals surface area (Å²) in [6.07, 6.45) is 5.79. The summed E-state index contributed by atoms with van der Waals surface area (Å²) >= 11 is 6.15. The highest BCUT2D eigenvalue weighted by atomic mass is 35.5. The third-order valence-corrected chi connectivity index (χ3v) is 6.77. The van der Waals surface area contributed by atoms with E-state index >= 15 is 0 Å². The largest absolute Gasteiger partial charge is 0.481 e. The summed E-state index contributed by atoms with van der Waals surface area (Å²) < 4.78 is 1.77. The molecule has 0 amide bonds. The molecule has 7 nitrogen and oxygen atoms in total. The van der Waals surface area contributed by atoms with Gasteiger partial charge in [-0.15, -0.1) is 0 Å². The molecule has 4 bridgehead atoms. The molecule has 4 saturated carbocycles. The van der Waals surface area contributed by atoms with E-state index in [9.17, 15) is 20.0 Å². The Balaban J connectivity index is 1.79. The second kappa shape index (κ2) is 4.94. The molecule has 2 atom stereocenters. The average Bonchev–Trinajstić information content (AvgIpc) is 2.73. The van der Waals surface area contributed by atoms with E-state index in [2.05, 4.69) is 5.10 Å². The molecular formula is C16H20ClN3O4. The Hall–Kier alpha value is -1.63. The van der Waals surface area contributed by atoms with Crippen molar-refractivity contribution < 1.29 is 14.8 Å². The fourth-order valence-corrected chi connectivity index (χ4v) is 6.41. The van der Waals surface area contributed by atoms with E-state index in [-0.39, 0.29) is 28.2 Å². The van der Waals surface area contributed by atoms with Crippen molar-refractivity contribution in [2.75, 3.05) is 0 Å². The van der Waals surface area contributed by atoms with Crippen LogP contribution in [0.1, 0.15) is 50.6 Å². The molecule has 5 rings (SSSR count). The van der Waals surface area contributed by atoms with E-state index in [4.69, 9.17) is 11.6 Å². The fraction of sp³-hybridized carbons (Fsp3) is 0.750. The first-order valence-electron chi connectivity index (χ1n) is 8.35. The van der Waals surface area contributed by atoms with Crippen LogP contribution in [0.25, 0.3) is 0 Å². The highest BCUT2D eigenvalue weighted by molar-refractivity contribution is 6.33. The SMILES string of the molecule is Cc1c(Cl)c([N+](=O)[O-])nn1C12CC3CC(CC(CC(=O)O)(C3)C1)C2. The average molecular weight is 354 g/mol. The number of rotatable bonds is 4. The molecule has 0 spiro atoms. The molecule has 4 aliphatic rings. The minimum absolute atomic E-state index is 0.100. The zero-order valence-electron chi connectivity index (χ0n) is 13.5. The first-order chi connectivity index (χ1) is 11.2. The summed E-state index contributed by atoms with van der Waals surface area (Å²) in [5.74, 6) is -0.0930. The zero-order valence-corrected chi connectivity index (χ0v) is 14.3. The lowest BCUT2D eigenvalue weighted by Gasteiger charge is -2.61. The molecule has 2 unspecified atom stereocenters. The van der Waals surface area contributed by atoms with Gasteiger partial charge in [0.2, 0.25) is 0 Å². The van der Waals surface area contributed by atoms with Crippen LogP contribution >= 0.6 is 11.6 Å². The van der Waals surface area contributed by atoms with Crippen LogP contribution in [-0.2, 0) is 10.3 Å². The van der Waals surface area contributed by atoms with E-state index < -0.39 is 10.9 Å². The van der Waals surface area contributed by atoms with Gasteiger partial charge in [-0.25, -0.2) is 0 Å². The lowest BCUT2D eigenvalue weighted by molar-refractivity contribution is -0.389. The van der Waals surface area contributed by atoms with Crippen molar-refractivity contribution in [3.05, 3.63) is 20.8 Å². The van der Waals surface area contributed by atoms with Crippen LogP contribution in [0, 0.1) is 34.3 Å². The molecule has 0 aliphatic heterocycles. The normalized spacial score (nSPS) is 36.9. The maximum Gasteiger partial charge on any atom is 0.408 e. The van der Waals surface area contributed by atoms with Gasteiger partial charge >= 0.3 is 11.8 Å². The quantitative estimate of drug-likeness (QED) is 0.659. The maximum absolute atomic E-state index is 11.4. The van der Waals surface area contributed by atoms with Crippen molar-refractivity contribution in [1.29, 1.82) is 0 Å². The Morgan fingerprint density at radius 3 is 2.54 bits per heavy atom. The Kier molecular flexibility index (Phi) is 3.27. The number of halogens is 1. The number of nitrogens with zero attached hydrogens (tertiary/aromatic N) is 3. The predicted molar refractivity (Wildman–Crippen MR) is 86.0 cm³/mol. The molecule has 24 heavy (non-hydrogen) atoms. The third-order valence-electron chi connectivity index (χ3n) is 6.33. The van der Waals surface area contributed by atoms with E-state index in [0.29, 0.717) is 17.5 Å². The number of aliphatic carboxylic acids is 1. The van der Waals surface area contributed by atoms with Crippen LogP contribution in [0.4, 0.5) is 5.82 Å². The van der Waals surface area contributed by atoms with Crippen molar-refractivity contribution in [1.82, 2.24) is 9.78 Å². The predicted octanol–water partition coefficient (Wildman–Crippen LogP) is 3.52. The molecular weight excluding hydrogens is 334 g/mol. The molecule has 0 saturated heterocycles. The second-order valence-electron chi connectivity index (χ2n) is 8.15. The van der Waals surface area contributed by atoms with E-state index in [1.54, 1.807) is 11.6 Å². The first-order valence-corrected chi connectivity index (χ1v) is 8.73. The highest BCUT2D eigenvalue weighted by Crippen LogP contribution is 2.65. The Morgan fingerprint density at radius 2 is 2.04 bits per heavy atom. The molecule has 8 heteroatoms. The standard InChI is InChI=1S/C16H20ClN3O4/c1-9-13(17)14(20(23)24)18-19(9)16-5-10-2-11(6-16)4-15(3-10,8-16)7-12(21)22/h10-11H,2-8H2,1H3,(H,21,22). The molecule has 1 aromatic rings. The van der Waals surface area contributed by atoms with Gasteiger partial charge in [0.1, 0.15) is 0 Å². The lowest BCUT2D eigenvalue weighted by Crippen LogP contribution is -2.57. The van der Waals surface area contributed by atoms with Gasteiger partial charge < -0.3 is 15.2 Å². The topological polar surface area (TPSA) is 98.3 Å². The van der Waals surface area contributed by atoms with Crippen LogP contribution in [0.5, 0.6) is 0 Å². The number of aromatic nitrogens is 2. The minimum atomic E-state index is -0.756. The van der Waals surface area contributed by atoms with Crippen LogP contribution in [0.2, 0.25) is 5.02 Å². The highest BCUT2D eigenvalue weighted by Gasteiger charge is 2.60. The lowest BCUT2D eigenvalue weighted by atomic mass is 9.46. The van der Waals surface area contributed by atoms with Crippen molar-refractivity contribution in [3.8, 4) is 0 Å². The van der Waals surface area contributed by atoms with Crippen molar-refractivity contribution >= 4 is 23.4 Å². The number of carbonyl (C=O) groups is 1. The molecule has 4 aliphatic carbocycles. The maximum atomic E-state index is 11.4. The van der Waals surface area contributed by atoms with E-state index in [1.165, 1.54) is 0 Å². The van der Waals surface area contributed by atoms with Crippen molar-refractivity contribution in [2.24, 2.45) is 17.3 Å². The fourth-order valence-electron chi connectivity index (χ4n) is 6.22. The number of nitro groups is 1. The van der Waals surface area contributed by atoms with Gasteiger partial charge in [0.05, 0.1) is 22.8 Å². The van der Waals surface area contributed by atoms with Crippen molar-refractivity contribution in [2.45, 2.75) is 57.4 Å². The van der Waals surface area contributed by atoms with E-state index in [0.717, 1.165) is 38.5 Å². The Morgan fingerprint density at radius 1 is 1.42 bits per heavy atom. The van der Waals surface area contributed by atoms with Gasteiger partial charge in [-0.3, -0.25) is 4.79 Å². The van der Waals surface area contributed by atoms with Gasteiger partial charge in [-0.2, -0.15) is 4.68 Å². The molecule has 4 fully saturated rings. The summed E-state index contributed by atoms with van der Waals surface area (Å²) in [5, 5.41) is 24.9. The molecule has 1 heterocycles. The van der Waals surface area contributed by atoms with Crippen LogP contribution in [-0.4, -0.2) is 25.8 Å². The van der Waals surface area contributed by atoms with Gasteiger partial charge in [-0.1, -0.05) is 11.6 Å². The van der Waals surface area contributed by atoms with Gasteiger partial charge in [0.15, 0.2) is 5.02 Å². The van der Waals surface area contributed by atoms with Gasteiger partial charge in [0, 0.05) is 0 Å².